The Bertz CT molecular complexity index is 1150. The molecule has 29 heavy (non-hydrogen) atoms. The van der Waals surface area contributed by atoms with Crippen LogP contribution in [0, 0.1) is 0 Å². The van der Waals surface area contributed by atoms with E-state index in [4.69, 9.17) is 11.6 Å². The molecule has 4 amide bonds. The molecule has 1 fully saturated rings. The Morgan fingerprint density at radius 3 is 2.48 bits per heavy atom. The van der Waals surface area contributed by atoms with Crippen LogP contribution in [0.4, 0.5) is 10.5 Å². The zero-order valence-corrected chi connectivity index (χ0v) is 16.4. The number of para-hydroxylation sites is 1. The average molecular weight is 408 g/mol. The standard InChI is InChI=1S/C22H18ClN3O3/c1-22(16-11-10-14-6-2-3-7-15(14)12-16)20(28)26(21(29)25-22)13-19(27)24-18-9-5-4-8-17(18)23/h2-12H,13H2,1H3,(H,24,27)(H,25,29). The Balaban J connectivity index is 1.56. The maximum atomic E-state index is 13.1. The lowest BCUT2D eigenvalue weighted by Crippen LogP contribution is -2.42. The monoisotopic (exact) mass is 407 g/mol. The lowest BCUT2D eigenvalue weighted by atomic mass is 9.90. The summed E-state index contributed by atoms with van der Waals surface area (Å²) in [5.41, 5.74) is -0.168. The maximum absolute atomic E-state index is 13.1. The third-order valence-corrected chi connectivity index (χ3v) is 5.38. The molecule has 1 aliphatic heterocycles. The molecule has 1 aliphatic rings. The topological polar surface area (TPSA) is 78.5 Å². The van der Waals surface area contributed by atoms with Crippen LogP contribution in [-0.4, -0.2) is 29.3 Å². The summed E-state index contributed by atoms with van der Waals surface area (Å²) in [4.78, 5) is 38.9. The predicted octanol–water partition coefficient (Wildman–Crippen LogP) is 3.90. The molecule has 1 atom stereocenters. The smallest absolute Gasteiger partial charge is 0.323 e. The Labute approximate surface area is 172 Å². The lowest BCUT2D eigenvalue weighted by molar-refractivity contribution is -0.133. The first-order valence-corrected chi connectivity index (χ1v) is 9.44. The number of nitrogens with one attached hydrogen (secondary N) is 2. The Hall–Kier alpha value is -3.38. The number of halogens is 1. The van der Waals surface area contributed by atoms with E-state index in [0.29, 0.717) is 16.3 Å². The van der Waals surface area contributed by atoms with E-state index in [9.17, 15) is 14.4 Å². The number of carbonyl (C=O) groups is 3. The van der Waals surface area contributed by atoms with E-state index in [0.717, 1.165) is 15.7 Å². The van der Waals surface area contributed by atoms with Gasteiger partial charge in [0.15, 0.2) is 0 Å². The minimum absolute atomic E-state index is 0.374. The highest BCUT2D eigenvalue weighted by Gasteiger charge is 2.49. The van der Waals surface area contributed by atoms with Gasteiger partial charge in [-0.3, -0.25) is 14.5 Å². The van der Waals surface area contributed by atoms with Crippen molar-refractivity contribution in [3.05, 3.63) is 77.3 Å². The zero-order chi connectivity index (χ0) is 20.6. The molecule has 1 heterocycles. The second-order valence-electron chi connectivity index (χ2n) is 7.04. The second-order valence-corrected chi connectivity index (χ2v) is 7.44. The number of urea groups is 1. The summed E-state index contributed by atoms with van der Waals surface area (Å²) in [5.74, 6) is -0.989. The number of rotatable bonds is 4. The van der Waals surface area contributed by atoms with Gasteiger partial charge in [0.05, 0.1) is 10.7 Å². The summed E-state index contributed by atoms with van der Waals surface area (Å²) in [6.45, 7) is 1.24. The van der Waals surface area contributed by atoms with E-state index < -0.39 is 29.9 Å². The summed E-state index contributed by atoms with van der Waals surface area (Å²) in [7, 11) is 0. The number of hydrogen-bond donors (Lipinski definition) is 2. The summed E-state index contributed by atoms with van der Waals surface area (Å²) in [5, 5.41) is 7.72. The first kappa shape index (κ1) is 19.0. The maximum Gasteiger partial charge on any atom is 0.325 e. The number of fused-ring (bicyclic) bond motifs is 1. The van der Waals surface area contributed by atoms with Gasteiger partial charge < -0.3 is 10.6 Å². The zero-order valence-electron chi connectivity index (χ0n) is 15.6. The largest absolute Gasteiger partial charge is 0.325 e. The van der Waals surface area contributed by atoms with Gasteiger partial charge in [-0.2, -0.15) is 0 Å². The van der Waals surface area contributed by atoms with Crippen molar-refractivity contribution in [2.24, 2.45) is 0 Å². The molecule has 3 aromatic rings. The van der Waals surface area contributed by atoms with Gasteiger partial charge in [-0.25, -0.2) is 4.79 Å². The fraction of sp³-hybridized carbons (Fsp3) is 0.136. The normalized spacial score (nSPS) is 18.8. The van der Waals surface area contributed by atoms with Crippen LogP contribution in [0.15, 0.2) is 66.7 Å². The van der Waals surface area contributed by atoms with E-state index in [1.165, 1.54) is 0 Å². The second kappa shape index (κ2) is 7.22. The van der Waals surface area contributed by atoms with E-state index in [2.05, 4.69) is 10.6 Å². The van der Waals surface area contributed by atoms with Crippen molar-refractivity contribution in [2.75, 3.05) is 11.9 Å². The third-order valence-electron chi connectivity index (χ3n) is 5.05. The fourth-order valence-electron chi connectivity index (χ4n) is 3.43. The Morgan fingerprint density at radius 2 is 1.72 bits per heavy atom. The van der Waals surface area contributed by atoms with Crippen LogP contribution >= 0.6 is 11.6 Å². The van der Waals surface area contributed by atoms with Crippen LogP contribution in [0.25, 0.3) is 10.8 Å². The number of amides is 4. The highest BCUT2D eigenvalue weighted by molar-refractivity contribution is 6.33. The Morgan fingerprint density at radius 1 is 1.03 bits per heavy atom. The molecule has 0 radical (unpaired) electrons. The molecule has 0 saturated carbocycles. The molecular formula is C22H18ClN3O3. The van der Waals surface area contributed by atoms with Gasteiger partial charge in [0.25, 0.3) is 5.91 Å². The van der Waals surface area contributed by atoms with Crippen molar-refractivity contribution in [2.45, 2.75) is 12.5 Å². The van der Waals surface area contributed by atoms with E-state index in [-0.39, 0.29) is 0 Å². The SMILES string of the molecule is CC1(c2ccc3ccccc3c2)NC(=O)N(CC(=O)Nc2ccccc2Cl)C1=O. The van der Waals surface area contributed by atoms with Gasteiger partial charge in [-0.1, -0.05) is 60.1 Å². The molecule has 3 aromatic carbocycles. The summed E-state index contributed by atoms with van der Waals surface area (Å²) >= 11 is 6.04. The highest BCUT2D eigenvalue weighted by Crippen LogP contribution is 2.31. The number of anilines is 1. The minimum atomic E-state index is -1.24. The number of carbonyl (C=O) groups excluding carboxylic acids is 3. The van der Waals surface area contributed by atoms with E-state index in [1.54, 1.807) is 31.2 Å². The molecule has 0 aromatic heterocycles. The number of imide groups is 1. The van der Waals surface area contributed by atoms with Crippen molar-refractivity contribution in [1.29, 1.82) is 0 Å². The van der Waals surface area contributed by atoms with Crippen molar-refractivity contribution in [3.63, 3.8) is 0 Å². The van der Waals surface area contributed by atoms with Crippen molar-refractivity contribution in [1.82, 2.24) is 10.2 Å². The van der Waals surface area contributed by atoms with Crippen LogP contribution < -0.4 is 10.6 Å². The summed E-state index contributed by atoms with van der Waals surface area (Å²) in [6.07, 6.45) is 0. The van der Waals surface area contributed by atoms with Crippen molar-refractivity contribution in [3.8, 4) is 0 Å². The van der Waals surface area contributed by atoms with Crippen LogP contribution in [0.1, 0.15) is 12.5 Å². The molecule has 0 bridgehead atoms. The molecule has 146 valence electrons. The van der Waals surface area contributed by atoms with Crippen LogP contribution in [0.3, 0.4) is 0 Å². The van der Waals surface area contributed by atoms with Gasteiger partial charge in [-0.15, -0.1) is 0 Å². The average Bonchev–Trinajstić information content (AvgIpc) is 2.93. The number of benzene rings is 3. The van der Waals surface area contributed by atoms with Crippen LogP contribution in [-0.2, 0) is 15.1 Å². The molecule has 1 saturated heterocycles. The van der Waals surface area contributed by atoms with Crippen LogP contribution in [0.2, 0.25) is 5.02 Å². The van der Waals surface area contributed by atoms with Gasteiger partial charge in [0, 0.05) is 0 Å². The van der Waals surface area contributed by atoms with Crippen LogP contribution in [0.5, 0.6) is 0 Å². The summed E-state index contributed by atoms with van der Waals surface area (Å²) in [6, 6.07) is 19.5. The first-order valence-electron chi connectivity index (χ1n) is 9.06. The molecule has 4 rings (SSSR count). The van der Waals surface area contributed by atoms with Gasteiger partial charge >= 0.3 is 6.03 Å². The van der Waals surface area contributed by atoms with Gasteiger partial charge in [0.1, 0.15) is 12.1 Å². The number of hydrogen-bond acceptors (Lipinski definition) is 3. The molecule has 0 aliphatic carbocycles. The predicted molar refractivity (Wildman–Crippen MR) is 112 cm³/mol. The fourth-order valence-corrected chi connectivity index (χ4v) is 3.62. The van der Waals surface area contributed by atoms with Gasteiger partial charge in [-0.05, 0) is 41.5 Å². The molecule has 6 nitrogen and oxygen atoms in total. The van der Waals surface area contributed by atoms with E-state index >= 15 is 0 Å². The van der Waals surface area contributed by atoms with Crippen molar-refractivity contribution < 1.29 is 14.4 Å². The summed E-state index contributed by atoms with van der Waals surface area (Å²) < 4.78 is 0. The molecule has 7 heteroatoms. The van der Waals surface area contributed by atoms with Gasteiger partial charge in [0.2, 0.25) is 5.91 Å². The molecule has 1 unspecified atom stereocenters. The first-order chi connectivity index (χ1) is 13.9. The molecule has 0 spiro atoms. The minimum Gasteiger partial charge on any atom is -0.323 e. The molecule has 2 N–H and O–H groups in total. The quantitative estimate of drug-likeness (QED) is 0.644. The van der Waals surface area contributed by atoms with E-state index in [1.807, 2.05) is 42.5 Å². The van der Waals surface area contributed by atoms with Crippen molar-refractivity contribution >= 4 is 45.9 Å². The number of nitrogens with zero attached hydrogens (tertiary/aromatic N) is 1. The molecular weight excluding hydrogens is 390 g/mol. The lowest BCUT2D eigenvalue weighted by Gasteiger charge is -2.22. The third kappa shape index (κ3) is 3.43. The Kier molecular flexibility index (Phi) is 4.72. The highest BCUT2D eigenvalue weighted by atomic mass is 35.5.